The number of amides is 1. The van der Waals surface area contributed by atoms with Crippen LogP contribution in [0.25, 0.3) is 22.0 Å². The Hall–Kier alpha value is -3.71. The molecule has 1 saturated heterocycles. The summed E-state index contributed by atoms with van der Waals surface area (Å²) >= 11 is 0. The van der Waals surface area contributed by atoms with Gasteiger partial charge < -0.3 is 20.3 Å². The lowest BCUT2D eigenvalue weighted by Crippen LogP contribution is -2.36. The number of nitrogens with zero attached hydrogens (tertiary/aromatic N) is 4. The van der Waals surface area contributed by atoms with E-state index < -0.39 is 0 Å². The monoisotopic (exact) mass is 411 g/mol. The number of nitrogens with two attached hydrogens (primary N) is 1. The summed E-state index contributed by atoms with van der Waals surface area (Å²) < 4.78 is 5.43. The summed E-state index contributed by atoms with van der Waals surface area (Å²) in [7, 11) is 0. The molecule has 0 bridgehead atoms. The third-order valence-electron chi connectivity index (χ3n) is 6.14. The molecule has 31 heavy (non-hydrogen) atoms. The highest BCUT2D eigenvalue weighted by atomic mass is 16.5. The van der Waals surface area contributed by atoms with Gasteiger partial charge in [-0.2, -0.15) is 0 Å². The van der Waals surface area contributed by atoms with Crippen molar-refractivity contribution in [2.45, 2.75) is 6.54 Å². The van der Waals surface area contributed by atoms with Gasteiger partial charge in [0, 0.05) is 41.5 Å². The van der Waals surface area contributed by atoms with Crippen molar-refractivity contribution in [2.24, 2.45) is 0 Å². The molecule has 0 spiro atoms. The summed E-state index contributed by atoms with van der Waals surface area (Å²) in [5, 5.41) is 0.793. The number of aromatic nitrogens is 2. The number of allylic oxidation sites excluding steroid dienone is 3. The first kappa shape index (κ1) is 18.1. The van der Waals surface area contributed by atoms with Gasteiger partial charge in [-0.15, -0.1) is 0 Å². The van der Waals surface area contributed by atoms with Crippen molar-refractivity contribution in [2.75, 3.05) is 36.9 Å². The van der Waals surface area contributed by atoms with Crippen LogP contribution in [0.5, 0.6) is 0 Å². The average Bonchev–Trinajstić information content (AvgIpc) is 3.09. The van der Waals surface area contributed by atoms with Crippen molar-refractivity contribution in [3.8, 4) is 11.1 Å². The molecule has 1 aliphatic carbocycles. The molecule has 0 radical (unpaired) electrons. The minimum Gasteiger partial charge on any atom is -0.397 e. The van der Waals surface area contributed by atoms with Crippen molar-refractivity contribution in [1.29, 1.82) is 0 Å². The molecule has 6 rings (SSSR count). The van der Waals surface area contributed by atoms with Crippen LogP contribution >= 0.6 is 0 Å². The van der Waals surface area contributed by atoms with Crippen LogP contribution in [-0.2, 0) is 11.3 Å². The van der Waals surface area contributed by atoms with E-state index in [0.717, 1.165) is 65.5 Å². The SMILES string of the molecule is Nc1c2c(nc3c(-c4ccc(N5CCOCC5)nc4)cccc13)CN(C1=CC=C1)C2=O. The number of morpholine rings is 1. The lowest BCUT2D eigenvalue weighted by atomic mass is 10.00. The molecule has 0 unspecified atom stereocenters. The third kappa shape index (κ3) is 2.81. The van der Waals surface area contributed by atoms with Gasteiger partial charge >= 0.3 is 0 Å². The molecule has 2 aliphatic heterocycles. The molecule has 7 heteroatoms. The zero-order valence-corrected chi connectivity index (χ0v) is 16.9. The van der Waals surface area contributed by atoms with Gasteiger partial charge in [0.1, 0.15) is 5.82 Å². The van der Waals surface area contributed by atoms with Crippen LogP contribution in [0.1, 0.15) is 16.1 Å². The Bertz CT molecular complexity index is 1270. The number of carbonyl (C=O) groups excluding carboxylic acids is 1. The molecular formula is C24H21N5O2. The van der Waals surface area contributed by atoms with E-state index in [4.69, 9.17) is 15.5 Å². The second-order valence-electron chi connectivity index (χ2n) is 7.90. The molecule has 7 nitrogen and oxygen atoms in total. The molecule has 3 aliphatic rings. The number of hydrogen-bond acceptors (Lipinski definition) is 6. The van der Waals surface area contributed by atoms with E-state index in [1.165, 1.54) is 0 Å². The van der Waals surface area contributed by atoms with Gasteiger partial charge in [-0.25, -0.2) is 9.97 Å². The normalized spacial score (nSPS) is 17.7. The minimum absolute atomic E-state index is 0.0839. The summed E-state index contributed by atoms with van der Waals surface area (Å²) in [6.07, 6.45) is 7.65. The topological polar surface area (TPSA) is 84.6 Å². The molecule has 154 valence electrons. The fourth-order valence-corrected chi connectivity index (χ4v) is 4.40. The molecular weight excluding hydrogens is 390 g/mol. The van der Waals surface area contributed by atoms with Crippen LogP contribution in [0, 0.1) is 0 Å². The number of pyridine rings is 2. The molecule has 0 saturated carbocycles. The van der Waals surface area contributed by atoms with Gasteiger partial charge in [0.2, 0.25) is 0 Å². The number of ether oxygens (including phenoxy) is 1. The van der Waals surface area contributed by atoms with Crippen molar-refractivity contribution >= 4 is 28.3 Å². The lowest BCUT2D eigenvalue weighted by molar-refractivity contribution is 0.0831. The van der Waals surface area contributed by atoms with E-state index in [1.807, 2.05) is 48.7 Å². The number of benzene rings is 1. The first-order valence-electron chi connectivity index (χ1n) is 10.4. The Labute approximate surface area is 179 Å². The highest BCUT2D eigenvalue weighted by Crippen LogP contribution is 2.38. The largest absolute Gasteiger partial charge is 0.397 e. The number of carbonyl (C=O) groups is 1. The van der Waals surface area contributed by atoms with E-state index in [-0.39, 0.29) is 5.91 Å². The molecule has 3 aromatic rings. The van der Waals surface area contributed by atoms with Gasteiger partial charge in [0.15, 0.2) is 0 Å². The Kier molecular flexibility index (Phi) is 4.04. The number of rotatable bonds is 3. The second kappa shape index (κ2) is 6.92. The van der Waals surface area contributed by atoms with E-state index in [1.54, 1.807) is 4.90 Å². The number of para-hydroxylation sites is 1. The average molecular weight is 411 g/mol. The number of hydrogen-bond donors (Lipinski definition) is 1. The van der Waals surface area contributed by atoms with Crippen molar-refractivity contribution < 1.29 is 9.53 Å². The predicted molar refractivity (Wildman–Crippen MR) is 120 cm³/mol. The van der Waals surface area contributed by atoms with E-state index in [0.29, 0.717) is 17.8 Å². The minimum atomic E-state index is -0.0839. The van der Waals surface area contributed by atoms with Crippen LogP contribution in [0.2, 0.25) is 0 Å². The fourth-order valence-electron chi connectivity index (χ4n) is 4.40. The van der Waals surface area contributed by atoms with Crippen LogP contribution in [0.3, 0.4) is 0 Å². The number of fused-ring (bicyclic) bond motifs is 2. The number of nitrogen functional groups attached to an aromatic ring is 1. The smallest absolute Gasteiger partial charge is 0.262 e. The van der Waals surface area contributed by atoms with Crippen LogP contribution in [0.15, 0.2) is 60.5 Å². The maximum absolute atomic E-state index is 12.9. The van der Waals surface area contributed by atoms with Crippen molar-refractivity contribution in [3.05, 3.63) is 71.7 Å². The highest BCUT2D eigenvalue weighted by molar-refractivity contribution is 6.12. The summed E-state index contributed by atoms with van der Waals surface area (Å²) in [6.45, 7) is 3.59. The van der Waals surface area contributed by atoms with Crippen molar-refractivity contribution in [3.63, 3.8) is 0 Å². The third-order valence-corrected chi connectivity index (χ3v) is 6.14. The Morgan fingerprint density at radius 1 is 1.10 bits per heavy atom. The zero-order chi connectivity index (χ0) is 20.9. The van der Waals surface area contributed by atoms with Crippen molar-refractivity contribution in [1.82, 2.24) is 14.9 Å². The van der Waals surface area contributed by atoms with Gasteiger partial charge in [-0.1, -0.05) is 24.3 Å². The van der Waals surface area contributed by atoms with E-state index in [9.17, 15) is 4.79 Å². The van der Waals surface area contributed by atoms with Gasteiger partial charge in [-0.3, -0.25) is 4.79 Å². The predicted octanol–water partition coefficient (Wildman–Crippen LogP) is 3.13. The molecule has 4 heterocycles. The molecule has 1 fully saturated rings. The fraction of sp³-hybridized carbons (Fsp3) is 0.208. The van der Waals surface area contributed by atoms with E-state index >= 15 is 0 Å². The van der Waals surface area contributed by atoms with Gasteiger partial charge in [0.05, 0.1) is 42.2 Å². The maximum Gasteiger partial charge on any atom is 0.262 e. The Balaban J connectivity index is 1.41. The Morgan fingerprint density at radius 2 is 1.94 bits per heavy atom. The van der Waals surface area contributed by atoms with E-state index in [2.05, 4.69) is 16.0 Å². The van der Waals surface area contributed by atoms with Crippen LogP contribution in [-0.4, -0.2) is 47.1 Å². The van der Waals surface area contributed by atoms with Crippen LogP contribution in [0.4, 0.5) is 11.5 Å². The first-order valence-corrected chi connectivity index (χ1v) is 10.4. The summed E-state index contributed by atoms with van der Waals surface area (Å²) in [5.41, 5.74) is 11.9. The summed E-state index contributed by atoms with van der Waals surface area (Å²) in [5.74, 6) is 0.864. The summed E-state index contributed by atoms with van der Waals surface area (Å²) in [4.78, 5) is 26.5. The zero-order valence-electron chi connectivity index (χ0n) is 16.9. The van der Waals surface area contributed by atoms with Crippen LogP contribution < -0.4 is 10.6 Å². The van der Waals surface area contributed by atoms with Gasteiger partial charge in [-0.05, 0) is 24.3 Å². The van der Waals surface area contributed by atoms with Gasteiger partial charge in [0.25, 0.3) is 5.91 Å². The molecule has 1 amide bonds. The maximum atomic E-state index is 12.9. The molecule has 0 atom stereocenters. The summed E-state index contributed by atoms with van der Waals surface area (Å²) in [6, 6.07) is 10.0. The Morgan fingerprint density at radius 3 is 2.65 bits per heavy atom. The lowest BCUT2D eigenvalue weighted by Gasteiger charge is -2.27. The quantitative estimate of drug-likeness (QED) is 0.713. The standard InChI is InChI=1S/C24H21N5O2/c25-22-18-6-2-5-17(15-7-8-20(26-13-15)28-9-11-31-12-10-28)23(18)27-19-14-29(16-3-1-4-16)24(30)21(19)22/h1-8,13H,9-12,14H2,(H2,25,27). The molecule has 2 N–H and O–H groups in total. The second-order valence-corrected chi connectivity index (χ2v) is 7.90. The first-order chi connectivity index (χ1) is 15.2. The highest BCUT2D eigenvalue weighted by Gasteiger charge is 2.34. The number of anilines is 2. The molecule has 1 aromatic carbocycles. The molecule has 2 aromatic heterocycles.